The molecule has 0 fully saturated rings. The summed E-state index contributed by atoms with van der Waals surface area (Å²) in [6.45, 7) is 7.86. The van der Waals surface area contributed by atoms with E-state index in [1.807, 2.05) is 27.7 Å². The molecule has 0 saturated carbocycles. The van der Waals surface area contributed by atoms with Gasteiger partial charge in [-0.15, -0.1) is 0 Å². The van der Waals surface area contributed by atoms with Crippen LogP contribution in [-0.4, -0.2) is 6.03 Å². The summed E-state index contributed by atoms with van der Waals surface area (Å²) < 4.78 is 39.4. The number of halogens is 4. The quantitative estimate of drug-likeness (QED) is 0.470. The fraction of sp³-hybridized carbons (Fsp3) is 0.438. The lowest BCUT2D eigenvalue weighted by Crippen LogP contribution is -2.32. The Morgan fingerprint density at radius 3 is 2.40 bits per heavy atom. The van der Waals surface area contributed by atoms with E-state index in [1.165, 1.54) is 6.07 Å². The van der Waals surface area contributed by atoms with Gasteiger partial charge in [0.15, 0.2) is 0 Å². The predicted molar refractivity (Wildman–Crippen MR) is 93.3 cm³/mol. The average Bonchev–Trinajstić information content (AvgIpc) is 2.46. The molecule has 2 amide bonds. The van der Waals surface area contributed by atoms with E-state index in [1.54, 1.807) is 6.08 Å². The summed E-state index contributed by atoms with van der Waals surface area (Å²) in [6, 6.07) is 2.53. The van der Waals surface area contributed by atoms with Gasteiger partial charge in [0.1, 0.15) is 0 Å². The van der Waals surface area contributed by atoms with Gasteiger partial charge in [-0.2, -0.15) is 19.1 Å². The Balaban J connectivity index is 2.95. The highest BCUT2D eigenvalue weighted by Crippen LogP contribution is 2.36. The molecule has 1 aromatic carbocycles. The number of amides is 2. The summed E-state index contributed by atoms with van der Waals surface area (Å²) in [6.07, 6.45) is -3.03. The van der Waals surface area contributed by atoms with Gasteiger partial charge in [0.25, 0.3) is 0 Å². The fourth-order valence-corrected chi connectivity index (χ4v) is 2.07. The molecule has 0 saturated heterocycles. The van der Waals surface area contributed by atoms with E-state index in [0.717, 1.165) is 12.1 Å². The molecule has 0 aromatic heterocycles. The van der Waals surface area contributed by atoms with Gasteiger partial charge in [-0.25, -0.2) is 4.79 Å². The Kier molecular flexibility index (Phi) is 6.90. The van der Waals surface area contributed by atoms with Crippen LogP contribution in [0.1, 0.15) is 33.3 Å². The molecule has 25 heavy (non-hydrogen) atoms. The van der Waals surface area contributed by atoms with Crippen molar-refractivity contribution in [2.24, 2.45) is 17.2 Å². The van der Waals surface area contributed by atoms with Crippen LogP contribution in [0, 0.1) is 11.3 Å². The smallest absolute Gasteiger partial charge is 0.393 e. The largest absolute Gasteiger partial charge is 0.418 e. The van der Waals surface area contributed by atoms with Gasteiger partial charge in [-0.05, 0) is 35.6 Å². The number of urea groups is 1. The van der Waals surface area contributed by atoms with Crippen LogP contribution in [0.4, 0.5) is 23.7 Å². The lowest BCUT2D eigenvalue weighted by atomic mass is 9.82. The van der Waals surface area contributed by atoms with Crippen molar-refractivity contribution < 1.29 is 22.8 Å². The van der Waals surface area contributed by atoms with E-state index < -0.39 is 17.8 Å². The minimum Gasteiger partial charge on any atom is -0.393 e. The Morgan fingerprint density at radius 1 is 1.32 bits per heavy atom. The van der Waals surface area contributed by atoms with E-state index in [4.69, 9.17) is 5.90 Å². The number of benzene rings is 1. The van der Waals surface area contributed by atoms with E-state index in [9.17, 15) is 18.0 Å². The van der Waals surface area contributed by atoms with Gasteiger partial charge in [-0.1, -0.05) is 43.6 Å². The summed E-state index contributed by atoms with van der Waals surface area (Å²) in [5, 5.41) is 4.45. The molecule has 0 bridgehead atoms. The van der Waals surface area contributed by atoms with Crippen LogP contribution in [0.2, 0.25) is 0 Å². The van der Waals surface area contributed by atoms with Crippen LogP contribution >= 0.6 is 15.9 Å². The second-order valence-corrected chi connectivity index (χ2v) is 7.49. The number of allylic oxidation sites excluding steroid dienone is 1. The number of hydrogen-bond acceptors (Lipinski definition) is 3. The highest BCUT2D eigenvalue weighted by Gasteiger charge is 2.34. The summed E-state index contributed by atoms with van der Waals surface area (Å²) in [5.74, 6) is 5.07. The van der Waals surface area contributed by atoms with E-state index in [2.05, 4.69) is 31.4 Å². The normalized spacial score (nSPS) is 14.0. The number of alkyl halides is 3. The predicted octanol–water partition coefficient (Wildman–Crippen LogP) is 5.00. The second kappa shape index (κ2) is 8.09. The van der Waals surface area contributed by atoms with Crippen LogP contribution < -0.4 is 16.5 Å². The van der Waals surface area contributed by atoms with E-state index in [-0.39, 0.29) is 27.4 Å². The molecular formula is C16H21BrF3N3O2. The van der Waals surface area contributed by atoms with Gasteiger partial charge >= 0.3 is 12.2 Å². The number of nitrogens with two attached hydrogens (primary N) is 1. The molecule has 140 valence electrons. The number of hydrogen-bond donors (Lipinski definition) is 3. The van der Waals surface area contributed by atoms with Crippen LogP contribution in [0.25, 0.3) is 0 Å². The van der Waals surface area contributed by atoms with Crippen LogP contribution in [0.15, 0.2) is 34.6 Å². The highest BCUT2D eigenvalue weighted by molar-refractivity contribution is 9.10. The highest BCUT2D eigenvalue weighted by atomic mass is 79.9. The molecule has 0 aliphatic carbocycles. The Labute approximate surface area is 152 Å². The van der Waals surface area contributed by atoms with Crippen molar-refractivity contribution in [3.8, 4) is 0 Å². The minimum absolute atomic E-state index is 0.00948. The summed E-state index contributed by atoms with van der Waals surface area (Å²) in [5.41, 5.74) is -1.47. The molecule has 1 unspecified atom stereocenters. The van der Waals surface area contributed by atoms with Crippen molar-refractivity contribution in [2.75, 3.05) is 5.32 Å². The third kappa shape index (κ3) is 6.58. The topological polar surface area (TPSA) is 76.4 Å². The third-order valence-electron chi connectivity index (χ3n) is 3.67. The zero-order chi connectivity index (χ0) is 19.4. The van der Waals surface area contributed by atoms with Crippen molar-refractivity contribution in [2.45, 2.75) is 33.9 Å². The zero-order valence-corrected chi connectivity index (χ0v) is 15.9. The number of carbonyl (C=O) groups is 1. The monoisotopic (exact) mass is 423 g/mol. The van der Waals surface area contributed by atoms with Crippen molar-refractivity contribution in [3.63, 3.8) is 0 Å². The maximum absolute atomic E-state index is 13.1. The third-order valence-corrected chi connectivity index (χ3v) is 4.16. The lowest BCUT2D eigenvalue weighted by molar-refractivity contribution is -0.136. The average molecular weight is 424 g/mol. The summed E-state index contributed by atoms with van der Waals surface area (Å²) >= 11 is 2.98. The first-order chi connectivity index (χ1) is 11.3. The SMILES string of the molecule is CC(/C=C(/NC(=O)Nc1ccc(Br)cc1C(F)(F)F)ON)C(C)(C)C. The first-order valence-corrected chi connectivity index (χ1v) is 8.17. The molecule has 1 rings (SSSR count). The molecule has 9 heteroatoms. The van der Waals surface area contributed by atoms with Gasteiger partial charge in [-0.3, -0.25) is 5.32 Å². The summed E-state index contributed by atoms with van der Waals surface area (Å²) in [4.78, 5) is 16.6. The number of nitrogens with one attached hydrogen (secondary N) is 2. The van der Waals surface area contributed by atoms with Gasteiger partial charge in [0.2, 0.25) is 5.88 Å². The van der Waals surface area contributed by atoms with E-state index >= 15 is 0 Å². The zero-order valence-electron chi connectivity index (χ0n) is 14.3. The molecule has 5 nitrogen and oxygen atoms in total. The molecular weight excluding hydrogens is 403 g/mol. The molecule has 0 spiro atoms. The minimum atomic E-state index is -4.61. The van der Waals surface area contributed by atoms with Gasteiger partial charge < -0.3 is 10.2 Å². The Bertz CT molecular complexity index is 655. The Morgan fingerprint density at radius 2 is 1.92 bits per heavy atom. The maximum Gasteiger partial charge on any atom is 0.418 e. The summed E-state index contributed by atoms with van der Waals surface area (Å²) in [7, 11) is 0. The molecule has 1 aromatic rings. The van der Waals surface area contributed by atoms with Crippen LogP contribution in [-0.2, 0) is 11.0 Å². The lowest BCUT2D eigenvalue weighted by Gasteiger charge is -2.25. The first-order valence-electron chi connectivity index (χ1n) is 7.38. The molecule has 0 heterocycles. The second-order valence-electron chi connectivity index (χ2n) is 6.57. The molecule has 1 atom stereocenters. The Hall–Kier alpha value is -1.74. The van der Waals surface area contributed by atoms with Gasteiger partial charge in [0.05, 0.1) is 11.3 Å². The van der Waals surface area contributed by atoms with Crippen molar-refractivity contribution in [1.82, 2.24) is 5.32 Å². The molecule has 4 N–H and O–H groups in total. The van der Waals surface area contributed by atoms with Crippen molar-refractivity contribution in [1.29, 1.82) is 0 Å². The first kappa shape index (κ1) is 21.3. The van der Waals surface area contributed by atoms with Crippen molar-refractivity contribution in [3.05, 3.63) is 40.2 Å². The molecule has 0 aliphatic rings. The van der Waals surface area contributed by atoms with E-state index in [0.29, 0.717) is 0 Å². The number of anilines is 1. The van der Waals surface area contributed by atoms with Gasteiger partial charge in [0, 0.05) is 4.47 Å². The molecule has 0 aliphatic heterocycles. The number of rotatable bonds is 4. The van der Waals surface area contributed by atoms with Crippen LogP contribution in [0.3, 0.4) is 0 Å². The standard InChI is InChI=1S/C16H21BrF3N3O2/c1-9(15(2,3)4)7-13(25-21)23-14(24)22-12-6-5-10(17)8-11(12)16(18,19)20/h5-9H,21H2,1-4H3,(H2,22,23,24)/b13-7-. The van der Waals surface area contributed by atoms with Crippen LogP contribution in [0.5, 0.6) is 0 Å². The van der Waals surface area contributed by atoms with Crippen molar-refractivity contribution >= 4 is 27.6 Å². The molecule has 0 radical (unpaired) electrons. The maximum atomic E-state index is 13.1. The number of carbonyl (C=O) groups excluding carboxylic acids is 1. The fourth-order valence-electron chi connectivity index (χ4n) is 1.71.